The summed E-state index contributed by atoms with van der Waals surface area (Å²) in [6, 6.07) is 0. The fraction of sp³-hybridized carbons (Fsp3) is 0.955. The molecule has 3 saturated carbocycles. The number of carbonyl (C=O) groups is 1. The molecule has 1 heterocycles. The Morgan fingerprint density at radius 1 is 0.929 bits per heavy atom. The van der Waals surface area contributed by atoms with Crippen molar-refractivity contribution in [3.05, 3.63) is 0 Å². The van der Waals surface area contributed by atoms with Gasteiger partial charge in [0.25, 0.3) is 0 Å². The van der Waals surface area contributed by atoms with Gasteiger partial charge in [-0.1, -0.05) is 25.7 Å². The molecule has 0 bridgehead atoms. The maximum absolute atomic E-state index is 11.3. The van der Waals surface area contributed by atoms with Gasteiger partial charge in [-0.2, -0.15) is 5.48 Å². The highest BCUT2D eigenvalue weighted by atomic mass is 16.7. The molecule has 160 valence electrons. The average molecular weight is 395 g/mol. The van der Waals surface area contributed by atoms with E-state index in [0.29, 0.717) is 17.9 Å². The number of ether oxygens (including phenoxy) is 1. The normalized spacial score (nSPS) is 40.4. The summed E-state index contributed by atoms with van der Waals surface area (Å²) in [5.74, 6) is 0.812. The van der Waals surface area contributed by atoms with Gasteiger partial charge < -0.3 is 9.84 Å². The first kappa shape index (κ1) is 20.6. The molecule has 1 aliphatic heterocycles. The zero-order chi connectivity index (χ0) is 19.3. The molecule has 4 atom stereocenters. The molecule has 0 aromatic rings. The van der Waals surface area contributed by atoms with E-state index in [2.05, 4.69) is 10.8 Å². The van der Waals surface area contributed by atoms with Gasteiger partial charge in [0.1, 0.15) is 6.23 Å². The third kappa shape index (κ3) is 5.26. The Bertz CT molecular complexity index is 503. The van der Waals surface area contributed by atoms with Gasteiger partial charge in [0, 0.05) is 12.5 Å². The molecule has 0 aromatic carbocycles. The van der Waals surface area contributed by atoms with Crippen molar-refractivity contribution in [3.8, 4) is 0 Å². The molecule has 0 aromatic heterocycles. The minimum absolute atomic E-state index is 0.0505. The molecule has 28 heavy (non-hydrogen) atoms. The number of carboxylic acids is 1. The molecule has 4 aliphatic rings. The third-order valence-corrected chi connectivity index (χ3v) is 7.64. The van der Waals surface area contributed by atoms with E-state index in [4.69, 9.17) is 9.57 Å². The van der Waals surface area contributed by atoms with E-state index >= 15 is 0 Å². The van der Waals surface area contributed by atoms with E-state index in [0.717, 1.165) is 63.9 Å². The van der Waals surface area contributed by atoms with Crippen LogP contribution in [0, 0.1) is 23.7 Å². The first-order valence-corrected chi connectivity index (χ1v) is 11.7. The molecule has 1 saturated heterocycles. The summed E-state index contributed by atoms with van der Waals surface area (Å²) >= 11 is 0. The minimum atomic E-state index is -0.647. The summed E-state index contributed by atoms with van der Waals surface area (Å²) in [5, 5.41) is 12.9. The average Bonchev–Trinajstić information content (AvgIpc) is 3.24. The SMILES string of the molecule is O=C(O)C1CCCC(C2NOC(C3CCC(OCC4CCCCC4)CC3)N2)C1. The lowest BCUT2D eigenvalue weighted by atomic mass is 9.79. The van der Waals surface area contributed by atoms with Crippen LogP contribution in [0.15, 0.2) is 0 Å². The number of hydrogen-bond acceptors (Lipinski definition) is 5. The number of aliphatic carboxylic acids is 1. The second-order valence-corrected chi connectivity index (χ2v) is 9.64. The smallest absolute Gasteiger partial charge is 0.306 e. The first-order chi connectivity index (χ1) is 13.7. The predicted molar refractivity (Wildman–Crippen MR) is 106 cm³/mol. The van der Waals surface area contributed by atoms with Crippen molar-refractivity contribution in [1.82, 2.24) is 10.8 Å². The fourth-order valence-corrected chi connectivity index (χ4v) is 5.79. The lowest BCUT2D eigenvalue weighted by Gasteiger charge is -2.33. The summed E-state index contributed by atoms with van der Waals surface area (Å²) in [6.07, 6.45) is 15.6. The van der Waals surface area contributed by atoms with Gasteiger partial charge in [-0.25, -0.2) is 0 Å². The first-order valence-electron chi connectivity index (χ1n) is 11.7. The van der Waals surface area contributed by atoms with E-state index in [1.165, 1.54) is 32.1 Å². The number of nitrogens with one attached hydrogen (secondary N) is 2. The molecule has 3 aliphatic carbocycles. The molecule has 6 nitrogen and oxygen atoms in total. The Morgan fingerprint density at radius 2 is 1.71 bits per heavy atom. The summed E-state index contributed by atoms with van der Waals surface area (Å²) in [7, 11) is 0. The van der Waals surface area contributed by atoms with Gasteiger partial charge in [-0.15, -0.1) is 0 Å². The lowest BCUT2D eigenvalue weighted by Crippen LogP contribution is -2.45. The van der Waals surface area contributed by atoms with Crippen LogP contribution >= 0.6 is 0 Å². The van der Waals surface area contributed by atoms with Crippen LogP contribution in [-0.2, 0) is 14.4 Å². The molecule has 0 radical (unpaired) electrons. The van der Waals surface area contributed by atoms with Crippen LogP contribution in [0.2, 0.25) is 0 Å². The van der Waals surface area contributed by atoms with Gasteiger partial charge in [-0.05, 0) is 69.6 Å². The second-order valence-electron chi connectivity index (χ2n) is 9.64. The van der Waals surface area contributed by atoms with Crippen molar-refractivity contribution < 1.29 is 19.5 Å². The van der Waals surface area contributed by atoms with Crippen LogP contribution in [-0.4, -0.2) is 36.2 Å². The largest absolute Gasteiger partial charge is 0.481 e. The standard InChI is InChI=1S/C22H38N2O4/c25-22(26)18-8-4-7-17(13-18)20-23-21(28-24-20)16-9-11-19(12-10-16)27-14-15-5-2-1-3-6-15/h15-21,23-24H,1-14H2,(H,25,26). The molecule has 0 amide bonds. The van der Waals surface area contributed by atoms with Crippen LogP contribution in [0.5, 0.6) is 0 Å². The van der Waals surface area contributed by atoms with Crippen molar-refractivity contribution >= 4 is 5.97 Å². The lowest BCUT2D eigenvalue weighted by molar-refractivity contribution is -0.143. The van der Waals surface area contributed by atoms with E-state index in [1.807, 2.05) is 0 Å². The van der Waals surface area contributed by atoms with E-state index in [1.54, 1.807) is 0 Å². The molecule has 4 fully saturated rings. The van der Waals surface area contributed by atoms with Crippen molar-refractivity contribution in [1.29, 1.82) is 0 Å². The van der Waals surface area contributed by atoms with Gasteiger partial charge in [-0.3, -0.25) is 14.9 Å². The highest BCUT2D eigenvalue weighted by Crippen LogP contribution is 2.35. The van der Waals surface area contributed by atoms with Crippen LogP contribution in [0.4, 0.5) is 0 Å². The van der Waals surface area contributed by atoms with Crippen molar-refractivity contribution in [3.63, 3.8) is 0 Å². The highest BCUT2D eigenvalue weighted by Gasteiger charge is 2.39. The van der Waals surface area contributed by atoms with Crippen LogP contribution in [0.25, 0.3) is 0 Å². The molecule has 0 spiro atoms. The van der Waals surface area contributed by atoms with Crippen molar-refractivity contribution in [2.45, 2.75) is 102 Å². The minimum Gasteiger partial charge on any atom is -0.481 e. The summed E-state index contributed by atoms with van der Waals surface area (Å²) in [6.45, 7) is 0.962. The summed E-state index contributed by atoms with van der Waals surface area (Å²) < 4.78 is 6.25. The van der Waals surface area contributed by atoms with Gasteiger partial charge >= 0.3 is 5.97 Å². The monoisotopic (exact) mass is 394 g/mol. The van der Waals surface area contributed by atoms with Crippen LogP contribution in [0.1, 0.15) is 83.5 Å². The Kier molecular flexibility index (Phi) is 7.26. The van der Waals surface area contributed by atoms with Crippen LogP contribution in [0.3, 0.4) is 0 Å². The van der Waals surface area contributed by atoms with Crippen molar-refractivity contribution in [2.75, 3.05) is 6.61 Å². The van der Waals surface area contributed by atoms with Gasteiger partial charge in [0.15, 0.2) is 0 Å². The molecule has 6 heteroatoms. The maximum Gasteiger partial charge on any atom is 0.306 e. The highest BCUT2D eigenvalue weighted by molar-refractivity contribution is 5.70. The van der Waals surface area contributed by atoms with Crippen LogP contribution < -0.4 is 10.8 Å². The van der Waals surface area contributed by atoms with Gasteiger partial charge in [0.2, 0.25) is 0 Å². The van der Waals surface area contributed by atoms with Crippen molar-refractivity contribution in [2.24, 2.45) is 23.7 Å². The third-order valence-electron chi connectivity index (χ3n) is 7.64. The zero-order valence-corrected chi connectivity index (χ0v) is 17.1. The van der Waals surface area contributed by atoms with Gasteiger partial charge in [0.05, 0.1) is 18.2 Å². The van der Waals surface area contributed by atoms with E-state index in [9.17, 15) is 9.90 Å². The summed E-state index contributed by atoms with van der Waals surface area (Å²) in [5.41, 5.74) is 3.18. The zero-order valence-electron chi connectivity index (χ0n) is 17.1. The number of hydroxylamine groups is 1. The molecule has 4 unspecified atom stereocenters. The predicted octanol–water partition coefficient (Wildman–Crippen LogP) is 3.81. The Hall–Kier alpha value is -0.690. The number of rotatable bonds is 6. The second kappa shape index (κ2) is 9.88. The number of hydrogen-bond donors (Lipinski definition) is 3. The quantitative estimate of drug-likeness (QED) is 0.636. The summed E-state index contributed by atoms with van der Waals surface area (Å²) in [4.78, 5) is 17.2. The molecular weight excluding hydrogens is 356 g/mol. The Labute approximate surface area is 169 Å². The molecular formula is C22H38N2O4. The number of carboxylic acid groups (broad SMARTS) is 1. The fourth-order valence-electron chi connectivity index (χ4n) is 5.79. The molecule has 4 rings (SSSR count). The van der Waals surface area contributed by atoms with E-state index in [-0.39, 0.29) is 18.3 Å². The topological polar surface area (TPSA) is 79.8 Å². The Morgan fingerprint density at radius 3 is 2.46 bits per heavy atom. The van der Waals surface area contributed by atoms with E-state index < -0.39 is 5.97 Å². The maximum atomic E-state index is 11.3. The molecule has 3 N–H and O–H groups in total. The Balaban J connectivity index is 1.17.